The molecule has 2 rings (SSSR count). The van der Waals surface area contributed by atoms with E-state index in [1.165, 1.54) is 5.56 Å². The summed E-state index contributed by atoms with van der Waals surface area (Å²) in [5.74, 6) is 0. The van der Waals surface area contributed by atoms with Crippen LogP contribution in [0.25, 0.3) is 0 Å². The number of aliphatic hydroxyl groups is 1. The Balaban J connectivity index is 1.79. The van der Waals surface area contributed by atoms with Crippen molar-refractivity contribution in [2.24, 2.45) is 0 Å². The zero-order valence-electron chi connectivity index (χ0n) is 9.92. The Morgan fingerprint density at radius 1 is 0.824 bits per heavy atom. The minimum Gasteiger partial charge on any atom is -0.388 e. The molecule has 2 aromatic carbocycles. The minimum atomic E-state index is -0.333. The zero-order valence-corrected chi connectivity index (χ0v) is 9.92. The second kappa shape index (κ2) is 6.21. The molecule has 0 saturated heterocycles. The minimum absolute atomic E-state index is 0.333. The smallest absolute Gasteiger partial charge is 0.0790 e. The summed E-state index contributed by atoms with van der Waals surface area (Å²) < 4.78 is 0. The van der Waals surface area contributed by atoms with E-state index in [2.05, 4.69) is 24.3 Å². The lowest BCUT2D eigenvalue weighted by Gasteiger charge is -2.10. The molecule has 1 nitrogen and oxygen atoms in total. The fraction of sp³-hybridized carbons (Fsp3) is 0.250. The molecular formula is C16H18O. The van der Waals surface area contributed by atoms with Gasteiger partial charge in [0.1, 0.15) is 0 Å². The van der Waals surface area contributed by atoms with Gasteiger partial charge in [-0.1, -0.05) is 60.7 Å². The maximum absolute atomic E-state index is 10.00. The summed E-state index contributed by atoms with van der Waals surface area (Å²) in [6.07, 6.45) is 2.53. The second-order valence-corrected chi connectivity index (χ2v) is 4.30. The molecule has 0 spiro atoms. The molecule has 0 aliphatic carbocycles. The lowest BCUT2D eigenvalue weighted by atomic mass is 10.0. The van der Waals surface area contributed by atoms with Crippen molar-refractivity contribution in [2.45, 2.75) is 25.4 Å². The fourth-order valence-electron chi connectivity index (χ4n) is 1.99. The molecule has 0 unspecified atom stereocenters. The predicted molar refractivity (Wildman–Crippen MR) is 70.8 cm³/mol. The number of benzene rings is 2. The van der Waals surface area contributed by atoms with Crippen LogP contribution in [0, 0.1) is 0 Å². The largest absolute Gasteiger partial charge is 0.388 e. The van der Waals surface area contributed by atoms with Crippen LogP contribution in [0.1, 0.15) is 30.1 Å². The summed E-state index contributed by atoms with van der Waals surface area (Å²) in [6.45, 7) is 0. The van der Waals surface area contributed by atoms with Gasteiger partial charge in [-0.3, -0.25) is 0 Å². The van der Waals surface area contributed by atoms with Gasteiger partial charge >= 0.3 is 0 Å². The van der Waals surface area contributed by atoms with Crippen LogP contribution in [0.15, 0.2) is 60.7 Å². The average Bonchev–Trinajstić information content (AvgIpc) is 2.41. The van der Waals surface area contributed by atoms with Crippen LogP contribution in [-0.2, 0) is 6.42 Å². The number of aryl methyl sites for hydroxylation is 1. The molecule has 0 fully saturated rings. The molecule has 0 bridgehead atoms. The topological polar surface area (TPSA) is 20.2 Å². The average molecular weight is 226 g/mol. The molecule has 1 heteroatoms. The van der Waals surface area contributed by atoms with Gasteiger partial charge in [0.15, 0.2) is 0 Å². The Morgan fingerprint density at radius 3 is 2.06 bits per heavy atom. The van der Waals surface area contributed by atoms with E-state index in [-0.39, 0.29) is 6.10 Å². The predicted octanol–water partition coefficient (Wildman–Crippen LogP) is 3.74. The van der Waals surface area contributed by atoms with Gasteiger partial charge < -0.3 is 5.11 Å². The van der Waals surface area contributed by atoms with Crippen molar-refractivity contribution < 1.29 is 5.11 Å². The lowest BCUT2D eigenvalue weighted by Crippen LogP contribution is -1.98. The van der Waals surface area contributed by atoms with Crippen molar-refractivity contribution in [3.05, 3.63) is 71.8 Å². The number of rotatable bonds is 5. The summed E-state index contributed by atoms with van der Waals surface area (Å²) in [5, 5.41) is 10.00. The van der Waals surface area contributed by atoms with E-state index < -0.39 is 0 Å². The molecule has 0 heterocycles. The third kappa shape index (κ3) is 3.72. The van der Waals surface area contributed by atoms with Crippen LogP contribution in [0.4, 0.5) is 0 Å². The van der Waals surface area contributed by atoms with Gasteiger partial charge in [-0.25, -0.2) is 0 Å². The monoisotopic (exact) mass is 226 g/mol. The highest BCUT2D eigenvalue weighted by atomic mass is 16.3. The van der Waals surface area contributed by atoms with Crippen LogP contribution in [0.3, 0.4) is 0 Å². The first-order valence-electron chi connectivity index (χ1n) is 6.13. The Bertz CT molecular complexity index is 422. The first kappa shape index (κ1) is 11.9. The van der Waals surface area contributed by atoms with E-state index in [4.69, 9.17) is 0 Å². The van der Waals surface area contributed by atoms with E-state index in [1.807, 2.05) is 36.4 Å². The summed E-state index contributed by atoms with van der Waals surface area (Å²) in [4.78, 5) is 0. The Hall–Kier alpha value is -1.60. The first-order valence-corrected chi connectivity index (χ1v) is 6.13. The Labute approximate surface area is 103 Å². The quantitative estimate of drug-likeness (QED) is 0.823. The van der Waals surface area contributed by atoms with Gasteiger partial charge in [-0.2, -0.15) is 0 Å². The van der Waals surface area contributed by atoms with Gasteiger partial charge in [0.05, 0.1) is 6.10 Å². The van der Waals surface area contributed by atoms with Crippen LogP contribution in [0.2, 0.25) is 0 Å². The lowest BCUT2D eigenvalue weighted by molar-refractivity contribution is 0.164. The molecule has 88 valence electrons. The molecule has 1 atom stereocenters. The van der Waals surface area contributed by atoms with E-state index in [0.29, 0.717) is 0 Å². The number of aliphatic hydroxyl groups excluding tert-OH is 1. The van der Waals surface area contributed by atoms with Crippen molar-refractivity contribution in [1.29, 1.82) is 0 Å². The van der Waals surface area contributed by atoms with Gasteiger partial charge in [0.2, 0.25) is 0 Å². The number of hydrogen-bond donors (Lipinski definition) is 1. The van der Waals surface area contributed by atoms with Crippen molar-refractivity contribution >= 4 is 0 Å². The Kier molecular flexibility index (Phi) is 4.34. The van der Waals surface area contributed by atoms with Crippen molar-refractivity contribution in [3.8, 4) is 0 Å². The summed E-state index contributed by atoms with van der Waals surface area (Å²) in [7, 11) is 0. The van der Waals surface area contributed by atoms with Crippen molar-refractivity contribution in [3.63, 3.8) is 0 Å². The third-order valence-corrected chi connectivity index (χ3v) is 2.97. The summed E-state index contributed by atoms with van der Waals surface area (Å²) >= 11 is 0. The molecule has 0 aliphatic rings. The van der Waals surface area contributed by atoms with E-state index in [9.17, 15) is 5.11 Å². The third-order valence-electron chi connectivity index (χ3n) is 2.97. The zero-order chi connectivity index (χ0) is 11.9. The molecule has 17 heavy (non-hydrogen) atoms. The molecule has 1 N–H and O–H groups in total. The van der Waals surface area contributed by atoms with Crippen LogP contribution in [-0.4, -0.2) is 5.11 Å². The van der Waals surface area contributed by atoms with E-state index in [0.717, 1.165) is 24.8 Å². The van der Waals surface area contributed by atoms with Gasteiger partial charge in [-0.05, 0) is 30.4 Å². The molecular weight excluding hydrogens is 208 g/mol. The van der Waals surface area contributed by atoms with Crippen molar-refractivity contribution in [1.82, 2.24) is 0 Å². The highest BCUT2D eigenvalue weighted by molar-refractivity contribution is 5.17. The Morgan fingerprint density at radius 2 is 1.41 bits per heavy atom. The second-order valence-electron chi connectivity index (χ2n) is 4.30. The summed E-state index contributed by atoms with van der Waals surface area (Å²) in [5.41, 5.74) is 2.35. The first-order chi connectivity index (χ1) is 8.36. The molecule has 0 aromatic heterocycles. The van der Waals surface area contributed by atoms with Crippen molar-refractivity contribution in [2.75, 3.05) is 0 Å². The highest BCUT2D eigenvalue weighted by Crippen LogP contribution is 2.18. The fourth-order valence-corrected chi connectivity index (χ4v) is 1.99. The van der Waals surface area contributed by atoms with E-state index in [1.54, 1.807) is 0 Å². The molecule has 0 amide bonds. The standard InChI is InChI=1S/C16H18O/c17-16(15-11-5-2-6-12-15)13-7-10-14-8-3-1-4-9-14/h1-6,8-9,11-12,16-17H,7,10,13H2/t16-/m0/s1. The SMILES string of the molecule is O[C@@H](CCCc1ccccc1)c1ccccc1. The van der Waals surface area contributed by atoms with Gasteiger partial charge in [-0.15, -0.1) is 0 Å². The summed E-state index contributed by atoms with van der Waals surface area (Å²) in [6, 6.07) is 20.3. The normalized spacial score (nSPS) is 12.3. The molecule has 0 radical (unpaired) electrons. The van der Waals surface area contributed by atoms with E-state index >= 15 is 0 Å². The molecule has 0 aliphatic heterocycles. The van der Waals surface area contributed by atoms with Crippen LogP contribution in [0.5, 0.6) is 0 Å². The van der Waals surface area contributed by atoms with Crippen LogP contribution >= 0.6 is 0 Å². The van der Waals surface area contributed by atoms with Crippen LogP contribution < -0.4 is 0 Å². The van der Waals surface area contributed by atoms with Gasteiger partial charge in [0, 0.05) is 0 Å². The van der Waals surface area contributed by atoms with Gasteiger partial charge in [0.25, 0.3) is 0 Å². The maximum atomic E-state index is 10.00. The molecule has 2 aromatic rings. The number of hydrogen-bond acceptors (Lipinski definition) is 1. The maximum Gasteiger partial charge on any atom is 0.0790 e. The highest BCUT2D eigenvalue weighted by Gasteiger charge is 2.05. The molecule has 0 saturated carbocycles.